The molecule has 0 heterocycles. The maximum atomic E-state index is 11.6. The molecule has 1 fully saturated rings. The Morgan fingerprint density at radius 2 is 1.93 bits per heavy atom. The molecule has 1 saturated carbocycles. The fourth-order valence-electron chi connectivity index (χ4n) is 2.72. The number of carbonyl (C=O) groups excluding carboxylic acids is 1. The summed E-state index contributed by atoms with van der Waals surface area (Å²) >= 11 is 0. The van der Waals surface area contributed by atoms with E-state index in [1.807, 2.05) is 12.2 Å². The SMILES string of the molecule is CCOC(=O)[C@H]1[C@H](C(=O)O)[C@H]2C=C[C@@H]1C2. The lowest BCUT2D eigenvalue weighted by Crippen LogP contribution is -2.34. The monoisotopic (exact) mass is 210 g/mol. The number of hydrogen-bond donors (Lipinski definition) is 1. The van der Waals surface area contributed by atoms with Gasteiger partial charge in [0.05, 0.1) is 18.4 Å². The predicted molar refractivity (Wildman–Crippen MR) is 52.0 cm³/mol. The van der Waals surface area contributed by atoms with E-state index in [0.29, 0.717) is 6.61 Å². The van der Waals surface area contributed by atoms with Crippen molar-refractivity contribution in [3.63, 3.8) is 0 Å². The molecule has 0 aromatic heterocycles. The summed E-state index contributed by atoms with van der Waals surface area (Å²) in [5, 5.41) is 9.08. The quantitative estimate of drug-likeness (QED) is 0.559. The van der Waals surface area contributed by atoms with Crippen LogP contribution in [0.25, 0.3) is 0 Å². The number of esters is 1. The average molecular weight is 210 g/mol. The third-order valence-electron chi connectivity index (χ3n) is 3.30. The Labute approximate surface area is 87.9 Å². The van der Waals surface area contributed by atoms with Gasteiger partial charge in [-0.05, 0) is 25.2 Å². The van der Waals surface area contributed by atoms with Crippen LogP contribution in [0.15, 0.2) is 12.2 Å². The van der Waals surface area contributed by atoms with Crippen molar-refractivity contribution in [2.45, 2.75) is 13.3 Å². The van der Waals surface area contributed by atoms with Gasteiger partial charge in [0.15, 0.2) is 0 Å². The minimum absolute atomic E-state index is 0.0157. The Morgan fingerprint density at radius 3 is 2.47 bits per heavy atom. The highest BCUT2D eigenvalue weighted by atomic mass is 16.5. The second-order valence-electron chi connectivity index (χ2n) is 4.09. The summed E-state index contributed by atoms with van der Waals surface area (Å²) in [4.78, 5) is 22.7. The van der Waals surface area contributed by atoms with Crippen molar-refractivity contribution in [3.8, 4) is 0 Å². The van der Waals surface area contributed by atoms with Crippen LogP contribution >= 0.6 is 0 Å². The third kappa shape index (κ3) is 1.54. The van der Waals surface area contributed by atoms with Gasteiger partial charge in [-0.3, -0.25) is 9.59 Å². The Kier molecular flexibility index (Phi) is 2.50. The summed E-state index contributed by atoms with van der Waals surface area (Å²) in [6, 6.07) is 0. The van der Waals surface area contributed by atoms with Crippen LogP contribution in [0.3, 0.4) is 0 Å². The first kappa shape index (κ1) is 10.2. The van der Waals surface area contributed by atoms with Crippen molar-refractivity contribution in [1.82, 2.24) is 0 Å². The van der Waals surface area contributed by atoms with E-state index in [-0.39, 0.29) is 17.8 Å². The maximum absolute atomic E-state index is 11.6. The van der Waals surface area contributed by atoms with E-state index in [9.17, 15) is 9.59 Å². The van der Waals surface area contributed by atoms with Crippen LogP contribution in [-0.4, -0.2) is 23.7 Å². The highest BCUT2D eigenvalue weighted by Gasteiger charge is 2.52. The van der Waals surface area contributed by atoms with Crippen LogP contribution in [-0.2, 0) is 14.3 Å². The minimum atomic E-state index is -0.884. The molecule has 15 heavy (non-hydrogen) atoms. The lowest BCUT2D eigenvalue weighted by atomic mass is 9.83. The zero-order valence-electron chi connectivity index (χ0n) is 8.55. The van der Waals surface area contributed by atoms with Crippen LogP contribution in [0.5, 0.6) is 0 Å². The van der Waals surface area contributed by atoms with E-state index < -0.39 is 17.8 Å². The Bertz CT molecular complexity index is 321. The first-order valence-corrected chi connectivity index (χ1v) is 5.23. The standard InChI is InChI=1S/C11H14O4/c1-2-15-11(14)9-7-4-3-6(5-7)8(9)10(12)13/h3-4,6-9H,2,5H2,1H3,(H,12,13)/t6-,7+,8+,9+/m0/s1. The Morgan fingerprint density at radius 1 is 1.33 bits per heavy atom. The van der Waals surface area contributed by atoms with Gasteiger partial charge in [0, 0.05) is 0 Å². The summed E-state index contributed by atoms with van der Waals surface area (Å²) in [6.07, 6.45) is 4.64. The molecule has 2 aliphatic rings. The first-order valence-electron chi connectivity index (χ1n) is 5.23. The zero-order valence-corrected chi connectivity index (χ0v) is 8.55. The average Bonchev–Trinajstić information content (AvgIpc) is 2.76. The number of allylic oxidation sites excluding steroid dienone is 2. The summed E-state index contributed by atoms with van der Waals surface area (Å²) in [5.74, 6) is -2.22. The highest BCUT2D eigenvalue weighted by Crippen LogP contribution is 2.48. The van der Waals surface area contributed by atoms with E-state index >= 15 is 0 Å². The van der Waals surface area contributed by atoms with Gasteiger partial charge in [0.25, 0.3) is 0 Å². The summed E-state index contributed by atoms with van der Waals surface area (Å²) in [6.45, 7) is 2.04. The minimum Gasteiger partial charge on any atom is -0.481 e. The largest absolute Gasteiger partial charge is 0.481 e. The number of carboxylic acids is 1. The molecule has 0 radical (unpaired) electrons. The number of ether oxygens (including phenoxy) is 1. The van der Waals surface area contributed by atoms with Crippen molar-refractivity contribution in [2.24, 2.45) is 23.7 Å². The maximum Gasteiger partial charge on any atom is 0.310 e. The predicted octanol–water partition coefficient (Wildman–Crippen LogP) is 1.07. The molecule has 2 aliphatic carbocycles. The van der Waals surface area contributed by atoms with Gasteiger partial charge in [0.2, 0.25) is 0 Å². The van der Waals surface area contributed by atoms with Gasteiger partial charge in [-0.15, -0.1) is 0 Å². The molecule has 0 unspecified atom stereocenters. The Balaban J connectivity index is 2.19. The van der Waals surface area contributed by atoms with Crippen molar-refractivity contribution < 1.29 is 19.4 Å². The lowest BCUT2D eigenvalue weighted by Gasteiger charge is -2.22. The summed E-state index contributed by atoms with van der Waals surface area (Å²) in [5.41, 5.74) is 0. The fourth-order valence-corrected chi connectivity index (χ4v) is 2.72. The smallest absolute Gasteiger partial charge is 0.310 e. The van der Waals surface area contributed by atoms with Crippen LogP contribution in [0.1, 0.15) is 13.3 Å². The number of fused-ring (bicyclic) bond motifs is 2. The second-order valence-corrected chi connectivity index (χ2v) is 4.09. The van der Waals surface area contributed by atoms with Crippen molar-refractivity contribution >= 4 is 11.9 Å². The van der Waals surface area contributed by atoms with Crippen molar-refractivity contribution in [2.75, 3.05) is 6.61 Å². The molecule has 4 heteroatoms. The number of carboxylic acid groups (broad SMARTS) is 1. The zero-order chi connectivity index (χ0) is 11.0. The lowest BCUT2D eigenvalue weighted by molar-refractivity contribution is -0.158. The molecule has 0 spiro atoms. The summed E-state index contributed by atoms with van der Waals surface area (Å²) < 4.78 is 4.92. The molecule has 4 atom stereocenters. The summed E-state index contributed by atoms with van der Waals surface area (Å²) in [7, 11) is 0. The van der Waals surface area contributed by atoms with E-state index in [2.05, 4.69) is 0 Å². The molecule has 0 amide bonds. The van der Waals surface area contributed by atoms with Crippen molar-refractivity contribution in [1.29, 1.82) is 0 Å². The topological polar surface area (TPSA) is 63.6 Å². The second kappa shape index (κ2) is 3.68. The van der Waals surface area contributed by atoms with Gasteiger partial charge < -0.3 is 9.84 Å². The third-order valence-corrected chi connectivity index (χ3v) is 3.30. The van der Waals surface area contributed by atoms with Crippen LogP contribution in [0, 0.1) is 23.7 Å². The number of hydrogen-bond acceptors (Lipinski definition) is 3. The van der Waals surface area contributed by atoms with Gasteiger partial charge in [0.1, 0.15) is 0 Å². The molecule has 4 nitrogen and oxygen atoms in total. The van der Waals surface area contributed by atoms with E-state index in [0.717, 1.165) is 6.42 Å². The van der Waals surface area contributed by atoms with E-state index in [1.165, 1.54) is 0 Å². The van der Waals surface area contributed by atoms with Crippen LogP contribution in [0.2, 0.25) is 0 Å². The highest BCUT2D eigenvalue weighted by molar-refractivity contribution is 5.83. The van der Waals surface area contributed by atoms with Gasteiger partial charge >= 0.3 is 11.9 Å². The fraction of sp³-hybridized carbons (Fsp3) is 0.636. The number of rotatable bonds is 3. The molecule has 0 aromatic rings. The molecular weight excluding hydrogens is 196 g/mol. The number of aliphatic carboxylic acids is 1. The van der Waals surface area contributed by atoms with Gasteiger partial charge in [-0.25, -0.2) is 0 Å². The molecule has 0 aliphatic heterocycles. The first-order chi connectivity index (χ1) is 7.15. The van der Waals surface area contributed by atoms with E-state index in [4.69, 9.17) is 9.84 Å². The van der Waals surface area contributed by atoms with Crippen molar-refractivity contribution in [3.05, 3.63) is 12.2 Å². The number of carbonyl (C=O) groups is 2. The Hall–Kier alpha value is -1.32. The molecule has 1 N–H and O–H groups in total. The normalized spacial score (nSPS) is 36.9. The van der Waals surface area contributed by atoms with Gasteiger partial charge in [-0.2, -0.15) is 0 Å². The van der Waals surface area contributed by atoms with Crippen LogP contribution in [0.4, 0.5) is 0 Å². The van der Waals surface area contributed by atoms with Crippen LogP contribution < -0.4 is 0 Å². The molecular formula is C11H14O4. The molecule has 0 aromatic carbocycles. The van der Waals surface area contributed by atoms with Gasteiger partial charge in [-0.1, -0.05) is 12.2 Å². The molecule has 2 rings (SSSR count). The molecule has 0 saturated heterocycles. The molecule has 2 bridgehead atoms. The van der Waals surface area contributed by atoms with E-state index in [1.54, 1.807) is 6.92 Å². The molecule has 82 valence electrons.